The third-order valence-electron chi connectivity index (χ3n) is 0.247. The van der Waals surface area contributed by atoms with Gasteiger partial charge in [0.05, 0.1) is 0 Å². The van der Waals surface area contributed by atoms with Crippen LogP contribution in [0.1, 0.15) is 20.3 Å². The lowest BCUT2D eigenvalue weighted by Crippen LogP contribution is -2.17. The molecular weight excluding hydrogens is 171 g/mol. The van der Waals surface area contributed by atoms with E-state index in [1.54, 1.807) is 0 Å². The SMILES string of the molecule is CCC.FC(Cl)C(F)(F)F. The molecule has 0 saturated heterocycles. The summed E-state index contributed by atoms with van der Waals surface area (Å²) in [7, 11) is 0. The number of hydrogen-bond acceptors (Lipinski definition) is 0. The van der Waals surface area contributed by atoms with E-state index in [-0.39, 0.29) is 0 Å². The van der Waals surface area contributed by atoms with E-state index in [0.717, 1.165) is 0 Å². The van der Waals surface area contributed by atoms with Gasteiger partial charge >= 0.3 is 6.18 Å². The van der Waals surface area contributed by atoms with Gasteiger partial charge in [-0.1, -0.05) is 31.9 Å². The van der Waals surface area contributed by atoms with Crippen LogP contribution in [0.5, 0.6) is 0 Å². The van der Waals surface area contributed by atoms with Gasteiger partial charge in [-0.2, -0.15) is 13.2 Å². The van der Waals surface area contributed by atoms with Crippen LogP contribution in [0.4, 0.5) is 17.6 Å². The summed E-state index contributed by atoms with van der Waals surface area (Å²) in [4.78, 5) is 0. The molecular formula is C5H9ClF4. The Balaban J connectivity index is 0. The zero-order chi connectivity index (χ0) is 8.78. The van der Waals surface area contributed by atoms with Gasteiger partial charge in [0.15, 0.2) is 0 Å². The molecule has 1 atom stereocenters. The first-order chi connectivity index (χ1) is 4.36. The summed E-state index contributed by atoms with van der Waals surface area (Å²) in [5, 5.41) is 0. The Morgan fingerprint density at radius 3 is 1.40 bits per heavy atom. The van der Waals surface area contributed by atoms with Gasteiger partial charge in [0.25, 0.3) is 5.63 Å². The molecule has 0 aromatic carbocycles. The van der Waals surface area contributed by atoms with Crippen LogP contribution in [-0.2, 0) is 0 Å². The van der Waals surface area contributed by atoms with Gasteiger partial charge in [-0.3, -0.25) is 0 Å². The Hall–Kier alpha value is 0.01000. The summed E-state index contributed by atoms with van der Waals surface area (Å²) in [6.07, 6.45) is -3.65. The maximum absolute atomic E-state index is 10.8. The molecule has 0 N–H and O–H groups in total. The zero-order valence-corrected chi connectivity index (χ0v) is 6.43. The lowest BCUT2D eigenvalue weighted by Gasteiger charge is -2.01. The second-order valence-electron chi connectivity index (χ2n) is 1.55. The second kappa shape index (κ2) is 5.77. The summed E-state index contributed by atoms with van der Waals surface area (Å²) in [5.41, 5.74) is -3.23. The van der Waals surface area contributed by atoms with E-state index >= 15 is 0 Å². The quantitative estimate of drug-likeness (QED) is 0.395. The molecule has 0 aliphatic rings. The fourth-order valence-corrected chi connectivity index (χ4v) is 0. The van der Waals surface area contributed by atoms with Crippen molar-refractivity contribution in [2.75, 3.05) is 0 Å². The van der Waals surface area contributed by atoms with Crippen molar-refractivity contribution in [3.05, 3.63) is 0 Å². The van der Waals surface area contributed by atoms with Crippen molar-refractivity contribution in [3.63, 3.8) is 0 Å². The van der Waals surface area contributed by atoms with Crippen LogP contribution in [0.2, 0.25) is 0 Å². The molecule has 5 heteroatoms. The van der Waals surface area contributed by atoms with Gasteiger partial charge in [-0.15, -0.1) is 0 Å². The molecule has 0 saturated carbocycles. The molecule has 0 aliphatic heterocycles. The van der Waals surface area contributed by atoms with E-state index in [1.807, 2.05) is 0 Å². The Labute approximate surface area is 62.2 Å². The minimum Gasteiger partial charge on any atom is -0.220 e. The summed E-state index contributed by atoms with van der Waals surface area (Å²) < 4.78 is 42.9. The first-order valence-electron chi connectivity index (χ1n) is 2.71. The molecule has 0 nitrogen and oxygen atoms in total. The van der Waals surface area contributed by atoms with Crippen LogP contribution in [0.25, 0.3) is 0 Å². The van der Waals surface area contributed by atoms with Crippen LogP contribution >= 0.6 is 11.6 Å². The number of halogens is 5. The average molecular weight is 181 g/mol. The van der Waals surface area contributed by atoms with Crippen LogP contribution in [-0.4, -0.2) is 11.8 Å². The zero-order valence-electron chi connectivity index (χ0n) is 5.67. The lowest BCUT2D eigenvalue weighted by molar-refractivity contribution is -0.156. The van der Waals surface area contributed by atoms with Crippen LogP contribution in [0.3, 0.4) is 0 Å². The van der Waals surface area contributed by atoms with Crippen molar-refractivity contribution in [1.29, 1.82) is 0 Å². The Morgan fingerprint density at radius 2 is 1.40 bits per heavy atom. The van der Waals surface area contributed by atoms with Crippen molar-refractivity contribution < 1.29 is 17.6 Å². The van der Waals surface area contributed by atoms with Crippen LogP contribution in [0, 0.1) is 0 Å². The second-order valence-corrected chi connectivity index (χ2v) is 1.93. The maximum Gasteiger partial charge on any atom is 0.433 e. The highest BCUT2D eigenvalue weighted by Crippen LogP contribution is 2.24. The summed E-state index contributed by atoms with van der Waals surface area (Å²) in [6.45, 7) is 4.25. The van der Waals surface area contributed by atoms with Crippen molar-refractivity contribution >= 4 is 11.6 Å². The number of alkyl halides is 5. The molecule has 0 aromatic heterocycles. The Bertz CT molecular complexity index is 68.5. The molecule has 0 aliphatic carbocycles. The maximum atomic E-state index is 10.8. The smallest absolute Gasteiger partial charge is 0.220 e. The highest BCUT2D eigenvalue weighted by molar-refractivity contribution is 6.20. The van der Waals surface area contributed by atoms with Gasteiger partial charge in [-0.25, -0.2) is 4.39 Å². The van der Waals surface area contributed by atoms with Gasteiger partial charge in [0.2, 0.25) is 0 Å². The minimum atomic E-state index is -4.90. The summed E-state index contributed by atoms with van der Waals surface area (Å²) >= 11 is 3.96. The number of rotatable bonds is 0. The first kappa shape index (κ1) is 12.7. The normalized spacial score (nSPS) is 13.5. The highest BCUT2D eigenvalue weighted by Gasteiger charge is 2.38. The Morgan fingerprint density at radius 1 is 1.30 bits per heavy atom. The van der Waals surface area contributed by atoms with Gasteiger partial charge in [-0.05, 0) is 0 Å². The van der Waals surface area contributed by atoms with Crippen molar-refractivity contribution in [3.8, 4) is 0 Å². The molecule has 1 unspecified atom stereocenters. The van der Waals surface area contributed by atoms with E-state index in [9.17, 15) is 17.6 Å². The third-order valence-corrected chi connectivity index (χ3v) is 0.495. The molecule has 0 spiro atoms. The summed E-state index contributed by atoms with van der Waals surface area (Å²) in [6, 6.07) is 0. The van der Waals surface area contributed by atoms with Crippen molar-refractivity contribution in [2.45, 2.75) is 32.1 Å². The van der Waals surface area contributed by atoms with Gasteiger partial charge in [0, 0.05) is 0 Å². The predicted octanol–water partition coefficient (Wildman–Crippen LogP) is 3.50. The fourth-order valence-electron chi connectivity index (χ4n) is 0. The molecule has 64 valence electrons. The van der Waals surface area contributed by atoms with Crippen LogP contribution in [0.15, 0.2) is 0 Å². The molecule has 0 amide bonds. The van der Waals surface area contributed by atoms with Crippen LogP contribution < -0.4 is 0 Å². The molecule has 0 aromatic rings. The standard InChI is InChI=1S/C3H8.C2HClF4/c1-3-2;3-1(4)2(5,6)7/h3H2,1-2H3;1H. The van der Waals surface area contributed by atoms with E-state index in [4.69, 9.17) is 0 Å². The van der Waals surface area contributed by atoms with Gasteiger partial charge < -0.3 is 0 Å². The highest BCUT2D eigenvalue weighted by atomic mass is 35.5. The molecule has 10 heavy (non-hydrogen) atoms. The van der Waals surface area contributed by atoms with E-state index in [2.05, 4.69) is 25.4 Å². The first-order valence-corrected chi connectivity index (χ1v) is 3.14. The topological polar surface area (TPSA) is 0 Å². The number of hydrogen-bond donors (Lipinski definition) is 0. The fraction of sp³-hybridized carbons (Fsp3) is 1.00. The molecule has 0 bridgehead atoms. The van der Waals surface area contributed by atoms with Gasteiger partial charge in [0.1, 0.15) is 0 Å². The molecule has 0 fully saturated rings. The average Bonchev–Trinajstić information content (AvgIpc) is 1.64. The minimum absolute atomic E-state index is 1.25. The molecule has 0 rings (SSSR count). The Kier molecular flexibility index (Phi) is 7.31. The molecule has 0 radical (unpaired) electrons. The predicted molar refractivity (Wildman–Crippen MR) is 32.8 cm³/mol. The largest absolute Gasteiger partial charge is 0.433 e. The third kappa shape index (κ3) is 10.9. The monoisotopic (exact) mass is 180 g/mol. The van der Waals surface area contributed by atoms with E-state index in [1.165, 1.54) is 6.42 Å². The van der Waals surface area contributed by atoms with E-state index < -0.39 is 11.8 Å². The molecule has 0 heterocycles. The van der Waals surface area contributed by atoms with Crippen molar-refractivity contribution in [2.24, 2.45) is 0 Å². The van der Waals surface area contributed by atoms with E-state index in [0.29, 0.717) is 0 Å². The summed E-state index contributed by atoms with van der Waals surface area (Å²) in [5.74, 6) is 0. The van der Waals surface area contributed by atoms with Crippen molar-refractivity contribution in [1.82, 2.24) is 0 Å². The lowest BCUT2D eigenvalue weighted by atomic mass is 10.6.